The van der Waals surface area contributed by atoms with Gasteiger partial charge in [0.25, 0.3) is 11.8 Å². The van der Waals surface area contributed by atoms with E-state index in [1.54, 1.807) is 104 Å². The number of carbonyl (C=O) groups is 22. The first-order chi connectivity index (χ1) is 65.0. The van der Waals surface area contributed by atoms with Gasteiger partial charge in [-0.1, -0.05) is 89.1 Å². The number of primary amides is 4. The Kier molecular flexibility index (Phi) is 52.3. The largest absolute Gasteiger partial charge is 1.00 e. The number of ether oxygens (including phenoxy) is 5. The molecule has 4 atom stereocenters. The van der Waals surface area contributed by atoms with E-state index in [0.717, 1.165) is 23.1 Å². The van der Waals surface area contributed by atoms with Crippen LogP contribution in [0.3, 0.4) is 0 Å². The van der Waals surface area contributed by atoms with Gasteiger partial charge in [0.2, 0.25) is 47.3 Å². The number of Topliss-reactive ketones (excluding diaryl/α,β-unsaturated/α-hetero) is 1. The Morgan fingerprint density at radius 2 is 0.582 bits per heavy atom. The van der Waals surface area contributed by atoms with Gasteiger partial charge in [0.05, 0.1) is 6.61 Å². The maximum atomic E-state index is 13.3. The van der Waals surface area contributed by atoms with Crippen LogP contribution in [0.4, 0.5) is 41.9 Å². The van der Waals surface area contributed by atoms with Crippen molar-refractivity contribution in [3.63, 3.8) is 0 Å². The number of rotatable bonds is 46. The number of hydroxylamine groups is 2. The Balaban J connectivity index is 0.000000632. The predicted molar refractivity (Wildman–Crippen MR) is 500 cm³/mol. The molecule has 5 aliphatic rings. The molecule has 0 radical (unpaired) electrons. The molecule has 48 heteroatoms. The monoisotopic (exact) mass is 1970 g/mol. The zero-order valence-corrected chi connectivity index (χ0v) is 78.5. The van der Waals surface area contributed by atoms with Crippen LogP contribution in [0.2, 0.25) is 0 Å². The molecule has 0 bridgehead atoms. The van der Waals surface area contributed by atoms with Crippen molar-refractivity contribution in [1.29, 1.82) is 0 Å². The number of urea groups is 4. The van der Waals surface area contributed by atoms with Gasteiger partial charge >= 0.3 is 84.8 Å². The van der Waals surface area contributed by atoms with Crippen LogP contribution in [0.15, 0.2) is 97.1 Å². The summed E-state index contributed by atoms with van der Waals surface area (Å²) in [6.45, 7) is 9.69. The molecular weight excluding hydrogens is 1840 g/mol. The van der Waals surface area contributed by atoms with E-state index in [1.165, 1.54) is 34.6 Å². The molecular formula is C93H130LiN17O30. The van der Waals surface area contributed by atoms with Crippen LogP contribution in [0.1, 0.15) is 220 Å². The van der Waals surface area contributed by atoms with Crippen LogP contribution >= 0.6 is 0 Å². The molecule has 9 rings (SSSR count). The molecule has 768 valence electrons. The van der Waals surface area contributed by atoms with Crippen LogP contribution in [0.25, 0.3) is 0 Å². The summed E-state index contributed by atoms with van der Waals surface area (Å²) < 4.78 is 24.8. The summed E-state index contributed by atoms with van der Waals surface area (Å²) >= 11 is 0. The smallest absolute Gasteiger partial charge is 0.870 e. The van der Waals surface area contributed by atoms with Gasteiger partial charge in [-0.15, -0.1) is 5.06 Å². The third-order valence-electron chi connectivity index (χ3n) is 22.9. The number of aliphatic carboxylic acids is 1. The fourth-order valence-electron chi connectivity index (χ4n) is 14.3. The Hall–Kier alpha value is -14.6. The molecule has 22 N–H and O–H groups in total. The molecule has 4 aromatic carbocycles. The number of esters is 5. The Morgan fingerprint density at radius 3 is 0.780 bits per heavy atom. The quantitative estimate of drug-likeness (QED) is 0.00752. The number of carboxylic acid groups (broad SMARTS) is 1. The molecule has 4 aromatic rings. The normalized spacial score (nSPS) is 14.9. The molecule has 4 saturated carbocycles. The Bertz CT molecular complexity index is 4850. The number of carbonyl (C=O) groups excluding carboxylic acids is 21. The second-order valence-corrected chi connectivity index (χ2v) is 33.0. The van der Waals surface area contributed by atoms with Crippen molar-refractivity contribution >= 4 is 154 Å². The topological polar surface area (TPSA) is 733 Å². The minimum atomic E-state index is -1.65. The van der Waals surface area contributed by atoms with Gasteiger partial charge in [-0.2, -0.15) is 0 Å². The summed E-state index contributed by atoms with van der Waals surface area (Å²) in [6.07, 6.45) is 6.91. The number of nitrogens with one attached hydrogen (secondary N) is 12. The van der Waals surface area contributed by atoms with Crippen molar-refractivity contribution in [3.05, 3.63) is 119 Å². The fraction of sp³-hybridized carbons (Fsp3) is 0.505. The summed E-state index contributed by atoms with van der Waals surface area (Å²) in [5, 5.41) is 41.0. The summed E-state index contributed by atoms with van der Waals surface area (Å²) in [4.78, 5) is 269. The van der Waals surface area contributed by atoms with E-state index in [2.05, 4.69) is 63.8 Å². The van der Waals surface area contributed by atoms with Crippen molar-refractivity contribution in [2.45, 2.75) is 248 Å². The number of hydrogen-bond acceptors (Lipinski definition) is 29. The van der Waals surface area contributed by atoms with Crippen molar-refractivity contribution in [2.24, 2.45) is 44.6 Å². The number of ketones is 1. The number of nitrogens with zero attached hydrogens (tertiary/aromatic N) is 1. The average Bonchev–Trinajstić information content (AvgIpc) is 1.52. The van der Waals surface area contributed by atoms with Crippen LogP contribution in [0.5, 0.6) is 0 Å². The number of carboxylic acids is 1. The number of imide groups is 1. The Labute approximate surface area is 826 Å². The third kappa shape index (κ3) is 38.9. The molecule has 4 aliphatic carbocycles. The molecule has 5 fully saturated rings. The van der Waals surface area contributed by atoms with E-state index in [4.69, 9.17) is 51.5 Å². The van der Waals surface area contributed by atoms with Gasteiger partial charge in [-0.25, -0.2) is 24.0 Å². The molecule has 0 unspecified atom stereocenters. The molecule has 0 spiro atoms. The van der Waals surface area contributed by atoms with E-state index in [1.807, 2.05) is 0 Å². The number of amides is 18. The SMILES string of the molecule is C.C.CC(=O)OCc1ccc(NC(=O)[C@H](CCCNC(N)=O)NC(=O)C2(C(=O)O)CCC2)cc1.CC(=O)OCc1ccc(NC(=O)[C@H](CCCNC(N)=O)NC(=O)C2(C(=O)ON3C(=O)CCC3=O)CCC2)cc1.CC(=O)OCc1ccc(NC(=O)[C@H](CCCNC(N)=O)NC(=O)C2(C(C)=O)CCC2)cc1.CCOC(=O)C1(C(=O)N[C@@H](CCCNC(N)=O)C(=O)Nc2ccc(COC(C)=O)cc2)CCC1.[Li+].[OH-]. The summed E-state index contributed by atoms with van der Waals surface area (Å²) in [6, 6.07) is 19.8. The van der Waals surface area contributed by atoms with E-state index < -0.39 is 165 Å². The van der Waals surface area contributed by atoms with Gasteiger partial charge in [0, 0.05) is 89.5 Å². The van der Waals surface area contributed by atoms with E-state index in [0.29, 0.717) is 97.6 Å². The van der Waals surface area contributed by atoms with Crippen molar-refractivity contribution in [3.8, 4) is 0 Å². The zero-order chi connectivity index (χ0) is 101. The Morgan fingerprint density at radius 1 is 0.355 bits per heavy atom. The van der Waals surface area contributed by atoms with Gasteiger partial charge in [0.1, 0.15) is 78.0 Å². The number of nitrogens with two attached hydrogens (primary N) is 4. The van der Waals surface area contributed by atoms with Crippen LogP contribution in [-0.2, 0) is 141 Å². The van der Waals surface area contributed by atoms with Gasteiger partial charge < -0.3 is 126 Å². The van der Waals surface area contributed by atoms with Crippen molar-refractivity contribution in [1.82, 2.24) is 47.6 Å². The first-order valence-electron chi connectivity index (χ1n) is 44.5. The van der Waals surface area contributed by atoms with E-state index in [-0.39, 0.29) is 181 Å². The van der Waals surface area contributed by atoms with Crippen LogP contribution in [0, 0.1) is 21.7 Å². The second kappa shape index (κ2) is 60.3. The number of anilines is 4. The molecule has 1 saturated heterocycles. The molecule has 0 aromatic heterocycles. The molecule has 1 aliphatic heterocycles. The molecule has 18 amide bonds. The van der Waals surface area contributed by atoms with Gasteiger partial charge in [-0.3, -0.25) is 81.5 Å². The van der Waals surface area contributed by atoms with E-state index >= 15 is 0 Å². The number of hydrogen-bond donors (Lipinski definition) is 17. The van der Waals surface area contributed by atoms with E-state index in [9.17, 15) is 111 Å². The molecule has 47 nitrogen and oxygen atoms in total. The van der Waals surface area contributed by atoms with Crippen molar-refractivity contribution < 1.29 is 163 Å². The summed E-state index contributed by atoms with van der Waals surface area (Å²) in [5.74, 6) is -10.5. The minimum absolute atomic E-state index is 0. The maximum absolute atomic E-state index is 13.3. The van der Waals surface area contributed by atoms with Crippen LogP contribution in [-0.4, -0.2) is 203 Å². The van der Waals surface area contributed by atoms with Crippen LogP contribution < -0.4 is 106 Å². The third-order valence-corrected chi connectivity index (χ3v) is 22.9. The predicted octanol–water partition coefficient (Wildman–Crippen LogP) is 2.11. The first-order valence-corrected chi connectivity index (χ1v) is 44.5. The molecule has 1 heterocycles. The van der Waals surface area contributed by atoms with Gasteiger partial charge in [0.15, 0.2) is 0 Å². The standard InChI is InChI=1S/C25H31N5O9.C23H32N4O7.C22H30N4O6.C21H28N4O7.2CH4.Li.H2O/c1-15(31)38-14-16-5-7-17(8-6-16)28-21(34)18(4-2-13-27-24(26)37)29-22(35)25(11-3-12-25)23(36)39-30-19(32)9-10-20(30)33;1-3-33-21(31)23(11-5-12-23)20(30)27-18(6-4-13-25-22(24)32)19(29)26-17-9-7-16(8-10-17)14-34-15(2)28;1-14(27)22(10-4-11-22)20(30)26-18(5-3-12-24-21(23)31)19(29)25-17-8-6-16(7-9-17)13-32-15(2)28;1-13(26)32-12-14-5-7-15(8-6-14)24-17(27)16(4-2-11-23-20(22)31)25-18(28)21(19(29)30)9-3-10-21;;;;/h5-8,18H,2-4,9-14H2,1H3,(H,28,34)(H,29,35)(H3,26,27,37);7-10,18H,3-6,11-14H2,1-2H3,(H,26,29)(H,27,30)(H3,24,25,32);6-9,18H,3-5,10-13H2,1-2H3,(H,25,29)(H,26,30)(H3,23,24,31);5-8,16H,2-4,9-12H2,1H3,(H,24,27)(H,25,28)(H,29,30)(H3,22,23,31);2*1H4;;1H2/q;;;;;;+1;/p-1/t3*18-;16-;;;;/m0000..../s1. The first kappa shape index (κ1) is 122. The average molecular weight is 1970 g/mol. The fourth-order valence-corrected chi connectivity index (χ4v) is 14.3. The number of benzene rings is 4. The van der Waals surface area contributed by atoms with Gasteiger partial charge in [-0.05, 0) is 187 Å². The minimum Gasteiger partial charge on any atom is -0.870 e. The zero-order valence-electron chi connectivity index (χ0n) is 78.5. The van der Waals surface area contributed by atoms with Crippen molar-refractivity contribution in [2.75, 3.05) is 54.1 Å². The summed E-state index contributed by atoms with van der Waals surface area (Å²) in [5.41, 5.74) is 19.5. The second-order valence-electron chi connectivity index (χ2n) is 33.0. The maximum Gasteiger partial charge on any atom is 1.00 e. The summed E-state index contributed by atoms with van der Waals surface area (Å²) in [7, 11) is 0. The molecule has 141 heavy (non-hydrogen) atoms.